The maximum absolute atomic E-state index is 12.8. The second-order valence-corrected chi connectivity index (χ2v) is 7.60. The molecule has 1 aliphatic heterocycles. The Labute approximate surface area is 157 Å². The number of morpholine rings is 1. The molecular weight excluding hydrogens is 372 g/mol. The topological polar surface area (TPSA) is 105 Å². The van der Waals surface area contributed by atoms with E-state index in [2.05, 4.69) is 4.72 Å². The van der Waals surface area contributed by atoms with Crippen LogP contribution in [0, 0.1) is 0 Å². The molecule has 0 radical (unpaired) electrons. The van der Waals surface area contributed by atoms with Crippen LogP contribution in [0.25, 0.3) is 0 Å². The molecule has 144 valence electrons. The van der Waals surface area contributed by atoms with Crippen molar-refractivity contribution in [2.75, 3.05) is 43.0 Å². The monoisotopic (exact) mass is 392 g/mol. The fraction of sp³-hybridized carbons (Fsp3) is 0.278. The molecular formula is C18H20N2O6S. The molecule has 2 aromatic carbocycles. The molecule has 1 heterocycles. The van der Waals surface area contributed by atoms with Gasteiger partial charge in [-0.3, -0.25) is 4.72 Å². The van der Waals surface area contributed by atoms with E-state index >= 15 is 0 Å². The van der Waals surface area contributed by atoms with Crippen molar-refractivity contribution in [2.45, 2.75) is 4.90 Å². The van der Waals surface area contributed by atoms with Crippen LogP contribution >= 0.6 is 0 Å². The number of rotatable bonds is 6. The van der Waals surface area contributed by atoms with Crippen molar-refractivity contribution in [1.29, 1.82) is 0 Å². The number of sulfonamides is 1. The van der Waals surface area contributed by atoms with Crippen LogP contribution in [0.4, 0.5) is 11.4 Å². The second kappa shape index (κ2) is 7.85. The molecule has 9 heteroatoms. The first-order chi connectivity index (χ1) is 12.9. The predicted octanol–water partition coefficient (Wildman–Crippen LogP) is 2.03. The van der Waals surface area contributed by atoms with Gasteiger partial charge in [-0.15, -0.1) is 0 Å². The Morgan fingerprint density at radius 2 is 1.81 bits per heavy atom. The Kier molecular flexibility index (Phi) is 5.52. The van der Waals surface area contributed by atoms with E-state index in [1.54, 1.807) is 18.2 Å². The first kappa shape index (κ1) is 19.0. The molecule has 1 saturated heterocycles. The molecule has 0 amide bonds. The highest BCUT2D eigenvalue weighted by molar-refractivity contribution is 7.92. The number of carboxylic acid groups (broad SMARTS) is 1. The van der Waals surface area contributed by atoms with Gasteiger partial charge in [0.25, 0.3) is 10.0 Å². The van der Waals surface area contributed by atoms with Gasteiger partial charge >= 0.3 is 5.97 Å². The van der Waals surface area contributed by atoms with Crippen LogP contribution in [0.3, 0.4) is 0 Å². The summed E-state index contributed by atoms with van der Waals surface area (Å²) in [7, 11) is -2.40. The molecule has 0 aliphatic carbocycles. The summed E-state index contributed by atoms with van der Waals surface area (Å²) < 4.78 is 38.4. The number of nitrogens with zero attached hydrogens (tertiary/aromatic N) is 1. The fourth-order valence-corrected chi connectivity index (χ4v) is 3.85. The average molecular weight is 392 g/mol. The van der Waals surface area contributed by atoms with Crippen LogP contribution in [0.15, 0.2) is 47.4 Å². The Hall–Kier alpha value is -2.78. The summed E-state index contributed by atoms with van der Waals surface area (Å²) in [6, 6.07) is 10.3. The minimum absolute atomic E-state index is 0.000518. The van der Waals surface area contributed by atoms with Crippen LogP contribution in [0.2, 0.25) is 0 Å². The number of benzene rings is 2. The minimum atomic E-state index is -3.90. The van der Waals surface area contributed by atoms with Gasteiger partial charge in [0, 0.05) is 13.1 Å². The van der Waals surface area contributed by atoms with Crippen LogP contribution in [0.1, 0.15) is 10.4 Å². The van der Waals surface area contributed by atoms with Crippen molar-refractivity contribution in [2.24, 2.45) is 0 Å². The first-order valence-electron chi connectivity index (χ1n) is 8.27. The van der Waals surface area contributed by atoms with Gasteiger partial charge in [0.2, 0.25) is 0 Å². The lowest BCUT2D eigenvalue weighted by Crippen LogP contribution is -2.36. The summed E-state index contributed by atoms with van der Waals surface area (Å²) in [6.45, 7) is 2.21. The molecule has 2 aromatic rings. The molecule has 0 saturated carbocycles. The van der Waals surface area contributed by atoms with Crippen LogP contribution < -0.4 is 14.4 Å². The van der Waals surface area contributed by atoms with Crippen molar-refractivity contribution in [3.8, 4) is 5.75 Å². The zero-order valence-corrected chi connectivity index (χ0v) is 15.5. The highest BCUT2D eigenvalue weighted by atomic mass is 32.2. The summed E-state index contributed by atoms with van der Waals surface area (Å²) in [4.78, 5) is 13.3. The van der Waals surface area contributed by atoms with Gasteiger partial charge in [0.1, 0.15) is 5.75 Å². The number of carboxylic acids is 1. The molecule has 2 N–H and O–H groups in total. The van der Waals surface area contributed by atoms with E-state index in [9.17, 15) is 18.3 Å². The highest BCUT2D eigenvalue weighted by Crippen LogP contribution is 2.30. The van der Waals surface area contributed by atoms with Gasteiger partial charge in [0.05, 0.1) is 42.2 Å². The maximum Gasteiger partial charge on any atom is 0.335 e. The van der Waals surface area contributed by atoms with Crippen molar-refractivity contribution < 1.29 is 27.8 Å². The normalized spacial score (nSPS) is 14.6. The van der Waals surface area contributed by atoms with Gasteiger partial charge in [-0.25, -0.2) is 13.2 Å². The largest absolute Gasteiger partial charge is 0.497 e. The molecule has 0 aromatic heterocycles. The second-order valence-electron chi connectivity index (χ2n) is 5.92. The number of methoxy groups -OCH3 is 1. The number of nitrogens with one attached hydrogen (secondary N) is 1. The fourth-order valence-electron chi connectivity index (χ4n) is 2.79. The molecule has 0 atom stereocenters. The van der Waals surface area contributed by atoms with Gasteiger partial charge in [-0.2, -0.15) is 0 Å². The lowest BCUT2D eigenvalue weighted by Gasteiger charge is -2.30. The molecule has 0 spiro atoms. The summed E-state index contributed by atoms with van der Waals surface area (Å²) in [5, 5.41) is 9.26. The van der Waals surface area contributed by atoms with E-state index in [1.165, 1.54) is 31.4 Å². The Morgan fingerprint density at radius 3 is 2.41 bits per heavy atom. The number of aromatic carboxylic acids is 1. The molecule has 3 rings (SSSR count). The van der Waals surface area contributed by atoms with E-state index in [4.69, 9.17) is 9.47 Å². The van der Waals surface area contributed by atoms with E-state index < -0.39 is 16.0 Å². The maximum atomic E-state index is 12.8. The summed E-state index contributed by atoms with van der Waals surface area (Å²) in [5.74, 6) is -0.593. The standard InChI is InChI=1S/C18H20N2O6S/c1-25-14-3-5-15(6-4-14)27(23,24)19-16-12-13(18(21)22)2-7-17(16)20-8-10-26-11-9-20/h2-7,12,19H,8-11H2,1H3,(H,21,22). The third-order valence-electron chi connectivity index (χ3n) is 4.21. The Bertz CT molecular complexity index is 921. The van der Waals surface area contributed by atoms with E-state index in [0.717, 1.165) is 0 Å². The smallest absolute Gasteiger partial charge is 0.335 e. The Morgan fingerprint density at radius 1 is 1.15 bits per heavy atom. The van der Waals surface area contributed by atoms with E-state index in [0.29, 0.717) is 37.7 Å². The summed E-state index contributed by atoms with van der Waals surface area (Å²) >= 11 is 0. The predicted molar refractivity (Wildman–Crippen MR) is 100 cm³/mol. The first-order valence-corrected chi connectivity index (χ1v) is 9.76. The third-order valence-corrected chi connectivity index (χ3v) is 5.59. The molecule has 0 unspecified atom stereocenters. The molecule has 8 nitrogen and oxygen atoms in total. The van der Waals surface area contributed by atoms with Crippen LogP contribution in [-0.2, 0) is 14.8 Å². The van der Waals surface area contributed by atoms with Gasteiger partial charge in [-0.05, 0) is 42.5 Å². The van der Waals surface area contributed by atoms with Gasteiger partial charge in [-0.1, -0.05) is 0 Å². The SMILES string of the molecule is COc1ccc(S(=O)(=O)Nc2cc(C(=O)O)ccc2N2CCOCC2)cc1. The minimum Gasteiger partial charge on any atom is -0.497 e. The molecule has 1 aliphatic rings. The number of anilines is 2. The van der Waals surface area contributed by atoms with Crippen molar-refractivity contribution in [1.82, 2.24) is 0 Å². The molecule has 27 heavy (non-hydrogen) atoms. The quantitative estimate of drug-likeness (QED) is 0.775. The zero-order chi connectivity index (χ0) is 19.4. The van der Waals surface area contributed by atoms with Crippen molar-refractivity contribution in [3.63, 3.8) is 0 Å². The number of hydrogen-bond donors (Lipinski definition) is 2. The average Bonchev–Trinajstić information content (AvgIpc) is 2.68. The van der Waals surface area contributed by atoms with E-state index in [-0.39, 0.29) is 16.1 Å². The number of ether oxygens (including phenoxy) is 2. The Balaban J connectivity index is 1.97. The van der Waals surface area contributed by atoms with E-state index in [1.807, 2.05) is 4.90 Å². The van der Waals surface area contributed by atoms with Crippen LogP contribution in [0.5, 0.6) is 5.75 Å². The van der Waals surface area contributed by atoms with Gasteiger partial charge < -0.3 is 19.5 Å². The number of carbonyl (C=O) groups is 1. The van der Waals surface area contributed by atoms with Crippen molar-refractivity contribution in [3.05, 3.63) is 48.0 Å². The van der Waals surface area contributed by atoms with Crippen molar-refractivity contribution >= 4 is 27.4 Å². The lowest BCUT2D eigenvalue weighted by molar-refractivity contribution is 0.0697. The van der Waals surface area contributed by atoms with Gasteiger partial charge in [0.15, 0.2) is 0 Å². The molecule has 1 fully saturated rings. The highest BCUT2D eigenvalue weighted by Gasteiger charge is 2.21. The third kappa shape index (κ3) is 4.32. The zero-order valence-electron chi connectivity index (χ0n) is 14.7. The summed E-state index contributed by atoms with van der Waals surface area (Å²) in [6.07, 6.45) is 0. The van der Waals surface area contributed by atoms with Crippen LogP contribution in [-0.4, -0.2) is 52.9 Å². The molecule has 0 bridgehead atoms. The number of hydrogen-bond acceptors (Lipinski definition) is 6. The summed E-state index contributed by atoms with van der Waals surface area (Å²) in [5.41, 5.74) is 0.826. The lowest BCUT2D eigenvalue weighted by atomic mass is 10.1.